The number of rotatable bonds is 5. The first-order chi connectivity index (χ1) is 16.2. The van der Waals surface area contributed by atoms with Crippen molar-refractivity contribution in [3.05, 3.63) is 58.8 Å². The minimum absolute atomic E-state index is 0.0253. The third-order valence-electron chi connectivity index (χ3n) is 8.15. The second-order valence-electron chi connectivity index (χ2n) is 10.1. The highest BCUT2D eigenvalue weighted by atomic mass is 16.1. The molecule has 0 unspecified atom stereocenters. The molecule has 1 saturated carbocycles. The van der Waals surface area contributed by atoms with Gasteiger partial charge in [0.15, 0.2) is 0 Å². The maximum absolute atomic E-state index is 11.6. The number of piperidine rings is 1. The highest BCUT2D eigenvalue weighted by Gasteiger charge is 2.26. The topological polar surface area (TPSA) is 48.5 Å². The van der Waals surface area contributed by atoms with E-state index in [1.54, 1.807) is 18.2 Å². The third-order valence-corrected chi connectivity index (χ3v) is 8.15. The Labute approximate surface area is 198 Å². The smallest absolute Gasteiger partial charge is 0.224 e. The van der Waals surface area contributed by atoms with E-state index in [-0.39, 0.29) is 5.91 Å². The molecule has 1 aromatic carbocycles. The minimum atomic E-state index is 0.0253. The average molecular weight is 447 g/mol. The lowest BCUT2D eigenvalue weighted by molar-refractivity contribution is -0.119. The summed E-state index contributed by atoms with van der Waals surface area (Å²) in [7, 11) is 1.67. The Kier molecular flexibility index (Phi) is 6.96. The van der Waals surface area contributed by atoms with Gasteiger partial charge < -0.3 is 10.2 Å². The van der Waals surface area contributed by atoms with E-state index < -0.39 is 0 Å². The van der Waals surface area contributed by atoms with Crippen LogP contribution in [-0.4, -0.2) is 55.1 Å². The van der Waals surface area contributed by atoms with Crippen LogP contribution in [0, 0.1) is 0 Å². The highest BCUT2D eigenvalue weighted by Crippen LogP contribution is 2.32. The van der Waals surface area contributed by atoms with Crippen molar-refractivity contribution in [3.63, 3.8) is 0 Å². The lowest BCUT2D eigenvalue weighted by Crippen LogP contribution is -2.35. The van der Waals surface area contributed by atoms with Gasteiger partial charge in [0.2, 0.25) is 5.91 Å². The Morgan fingerprint density at radius 2 is 1.73 bits per heavy atom. The van der Waals surface area contributed by atoms with Crippen LogP contribution in [-0.2, 0) is 24.1 Å². The van der Waals surface area contributed by atoms with E-state index >= 15 is 0 Å². The number of carbonyl (C=O) groups is 1. The van der Waals surface area contributed by atoms with E-state index in [0.29, 0.717) is 12.3 Å². The Morgan fingerprint density at radius 3 is 2.42 bits per heavy atom. The molecule has 176 valence electrons. The van der Waals surface area contributed by atoms with Crippen molar-refractivity contribution in [2.75, 3.05) is 38.1 Å². The van der Waals surface area contributed by atoms with Crippen LogP contribution in [0.2, 0.25) is 0 Å². The molecule has 2 aromatic rings. The molecule has 0 radical (unpaired) electrons. The monoisotopic (exact) mass is 446 g/mol. The molecule has 0 bridgehead atoms. The van der Waals surface area contributed by atoms with E-state index in [1.807, 2.05) is 12.3 Å². The molecule has 1 saturated heterocycles. The second kappa shape index (κ2) is 10.3. The first kappa shape index (κ1) is 22.4. The van der Waals surface area contributed by atoms with Crippen molar-refractivity contribution < 1.29 is 4.79 Å². The molecule has 1 N–H and O–H groups in total. The standard InChI is InChI=1S/C28H38N4O/c1-29-28(33)18-21-6-9-27(30-20-21)32-16-11-23(12-17-32)24-8-7-22-10-14-31(15-13-25(22)19-24)26-4-2-3-5-26/h6-9,19-20,23,26H,2-5,10-18H2,1H3,(H,29,33). The maximum Gasteiger partial charge on any atom is 0.224 e. The fourth-order valence-corrected chi connectivity index (χ4v) is 6.07. The van der Waals surface area contributed by atoms with Crippen LogP contribution in [0.1, 0.15) is 66.7 Å². The van der Waals surface area contributed by atoms with Crippen LogP contribution in [0.5, 0.6) is 0 Å². The number of aromatic nitrogens is 1. The van der Waals surface area contributed by atoms with Gasteiger partial charge >= 0.3 is 0 Å². The SMILES string of the molecule is CNC(=O)Cc1ccc(N2CCC(c3ccc4c(c3)CCN(C3CCCC3)CC4)CC2)nc1. The van der Waals surface area contributed by atoms with Crippen molar-refractivity contribution >= 4 is 11.7 Å². The van der Waals surface area contributed by atoms with Crippen LogP contribution in [0.4, 0.5) is 5.82 Å². The summed E-state index contributed by atoms with van der Waals surface area (Å²) in [6, 6.07) is 12.3. The van der Waals surface area contributed by atoms with Crippen LogP contribution in [0.15, 0.2) is 36.5 Å². The summed E-state index contributed by atoms with van der Waals surface area (Å²) in [4.78, 5) is 21.4. The van der Waals surface area contributed by atoms with E-state index in [0.717, 1.165) is 30.5 Å². The van der Waals surface area contributed by atoms with Crippen molar-refractivity contribution in [2.45, 2.75) is 69.7 Å². The average Bonchev–Trinajstić information content (AvgIpc) is 3.31. The predicted molar refractivity (Wildman–Crippen MR) is 134 cm³/mol. The zero-order valence-electron chi connectivity index (χ0n) is 20.1. The largest absolute Gasteiger partial charge is 0.359 e. The third kappa shape index (κ3) is 5.24. The molecular weight excluding hydrogens is 408 g/mol. The van der Waals surface area contributed by atoms with Gasteiger partial charge in [0.05, 0.1) is 6.42 Å². The van der Waals surface area contributed by atoms with Gasteiger partial charge in [-0.05, 0) is 72.8 Å². The number of likely N-dealkylation sites (N-methyl/N-ethyl adjacent to an activating group) is 1. The lowest BCUT2D eigenvalue weighted by atomic mass is 9.87. The Morgan fingerprint density at radius 1 is 0.970 bits per heavy atom. The molecular formula is C28H38N4O. The number of amides is 1. The maximum atomic E-state index is 11.6. The molecule has 1 aliphatic carbocycles. The Hall–Kier alpha value is -2.40. The Balaban J connectivity index is 1.18. The number of pyridine rings is 1. The van der Waals surface area contributed by atoms with E-state index in [2.05, 4.69) is 44.4 Å². The van der Waals surface area contributed by atoms with Gasteiger partial charge in [0.1, 0.15) is 5.82 Å². The van der Waals surface area contributed by atoms with Gasteiger partial charge in [-0.3, -0.25) is 9.69 Å². The predicted octanol–water partition coefficient (Wildman–Crippen LogP) is 4.10. The van der Waals surface area contributed by atoms with E-state index in [9.17, 15) is 4.79 Å². The Bertz CT molecular complexity index is 943. The van der Waals surface area contributed by atoms with Gasteiger partial charge in [0, 0.05) is 45.5 Å². The molecule has 2 fully saturated rings. The number of fused-ring (bicyclic) bond motifs is 1. The van der Waals surface area contributed by atoms with E-state index in [1.165, 1.54) is 70.0 Å². The van der Waals surface area contributed by atoms with Crippen molar-refractivity contribution in [1.29, 1.82) is 0 Å². The summed E-state index contributed by atoms with van der Waals surface area (Å²) >= 11 is 0. The van der Waals surface area contributed by atoms with Crippen LogP contribution >= 0.6 is 0 Å². The van der Waals surface area contributed by atoms with Gasteiger partial charge in [-0.25, -0.2) is 4.98 Å². The molecule has 1 aromatic heterocycles. The molecule has 0 atom stereocenters. The van der Waals surface area contributed by atoms with Crippen molar-refractivity contribution in [3.8, 4) is 0 Å². The first-order valence-corrected chi connectivity index (χ1v) is 13.0. The van der Waals surface area contributed by atoms with Crippen LogP contribution in [0.25, 0.3) is 0 Å². The van der Waals surface area contributed by atoms with Crippen LogP contribution < -0.4 is 10.2 Å². The number of nitrogens with one attached hydrogen (secondary N) is 1. The number of carbonyl (C=O) groups excluding carboxylic acids is 1. The molecule has 33 heavy (non-hydrogen) atoms. The zero-order valence-corrected chi connectivity index (χ0v) is 20.1. The first-order valence-electron chi connectivity index (χ1n) is 13.0. The summed E-state index contributed by atoms with van der Waals surface area (Å²) in [6.07, 6.45) is 12.7. The molecule has 3 heterocycles. The molecule has 1 amide bonds. The number of hydrogen-bond acceptors (Lipinski definition) is 4. The van der Waals surface area contributed by atoms with Crippen molar-refractivity contribution in [1.82, 2.24) is 15.2 Å². The van der Waals surface area contributed by atoms with Gasteiger partial charge in [0.25, 0.3) is 0 Å². The molecule has 2 aliphatic heterocycles. The lowest BCUT2D eigenvalue weighted by Gasteiger charge is -2.33. The molecule has 5 nitrogen and oxygen atoms in total. The fourth-order valence-electron chi connectivity index (χ4n) is 6.07. The second-order valence-corrected chi connectivity index (χ2v) is 10.1. The van der Waals surface area contributed by atoms with E-state index in [4.69, 9.17) is 0 Å². The van der Waals surface area contributed by atoms with Gasteiger partial charge in [-0.15, -0.1) is 0 Å². The van der Waals surface area contributed by atoms with Gasteiger partial charge in [-0.1, -0.05) is 37.1 Å². The normalized spacial score (nSPS) is 20.5. The van der Waals surface area contributed by atoms with Gasteiger partial charge in [-0.2, -0.15) is 0 Å². The minimum Gasteiger partial charge on any atom is -0.359 e. The molecule has 0 spiro atoms. The number of benzene rings is 1. The summed E-state index contributed by atoms with van der Waals surface area (Å²) in [6.45, 7) is 4.56. The van der Waals surface area contributed by atoms with Crippen molar-refractivity contribution in [2.24, 2.45) is 0 Å². The molecule has 3 aliphatic rings. The quantitative estimate of drug-likeness (QED) is 0.751. The summed E-state index contributed by atoms with van der Waals surface area (Å²) < 4.78 is 0. The summed E-state index contributed by atoms with van der Waals surface area (Å²) in [5.74, 6) is 1.70. The van der Waals surface area contributed by atoms with Crippen LogP contribution in [0.3, 0.4) is 0 Å². The fraction of sp³-hybridized carbons (Fsp3) is 0.571. The highest BCUT2D eigenvalue weighted by molar-refractivity contribution is 5.78. The number of nitrogens with zero attached hydrogens (tertiary/aromatic N) is 3. The molecule has 5 heteroatoms. The molecule has 5 rings (SSSR count). The zero-order chi connectivity index (χ0) is 22.6. The summed E-state index contributed by atoms with van der Waals surface area (Å²) in [5.41, 5.74) is 5.68. The number of anilines is 1. The summed E-state index contributed by atoms with van der Waals surface area (Å²) in [5, 5.41) is 2.67. The number of hydrogen-bond donors (Lipinski definition) is 1.